The van der Waals surface area contributed by atoms with Crippen molar-refractivity contribution in [1.29, 1.82) is 0 Å². The Balaban J connectivity index is 0.00000302. The first-order chi connectivity index (χ1) is 24.5. The van der Waals surface area contributed by atoms with Crippen molar-refractivity contribution in [2.45, 2.75) is 31.1 Å². The number of allylic oxidation sites excluding steroid dienone is 2. The van der Waals surface area contributed by atoms with Crippen molar-refractivity contribution >= 4 is 28.9 Å². The molecule has 256 valence electrons. The van der Waals surface area contributed by atoms with Crippen LogP contribution >= 0.6 is 11.8 Å². The zero-order valence-electron chi connectivity index (χ0n) is 28.7. The van der Waals surface area contributed by atoms with E-state index < -0.39 is 5.41 Å². The zero-order valence-corrected chi connectivity index (χ0v) is 29.5. The fourth-order valence-electron chi connectivity index (χ4n) is 6.96. The first-order valence-corrected chi connectivity index (χ1v) is 18.2. The molecule has 0 saturated carbocycles. The molecule has 0 radical (unpaired) electrons. The smallest absolute Gasteiger partial charge is 0.235 e. The van der Waals surface area contributed by atoms with E-state index >= 15 is 0 Å². The van der Waals surface area contributed by atoms with Crippen molar-refractivity contribution < 1.29 is 12.4 Å². The van der Waals surface area contributed by atoms with Crippen LogP contribution < -0.4 is 15.4 Å². The summed E-state index contributed by atoms with van der Waals surface area (Å²) in [6.45, 7) is 9.09. The highest BCUT2D eigenvalue weighted by atomic mass is 32.2. The molecule has 2 N–H and O–H groups in total. The minimum Gasteiger partial charge on any atom is -0.497 e. The third-order valence-electron chi connectivity index (χ3n) is 9.42. The molecule has 50 heavy (non-hydrogen) atoms. The van der Waals surface area contributed by atoms with Crippen LogP contribution in [0.4, 0.5) is 0 Å². The van der Waals surface area contributed by atoms with E-state index in [1.165, 1.54) is 0 Å². The summed E-state index contributed by atoms with van der Waals surface area (Å²) in [6, 6.07) is 45.5. The number of ether oxygens (including phenoxy) is 1. The quantitative estimate of drug-likeness (QED) is 0.0619. The lowest BCUT2D eigenvalue weighted by atomic mass is 9.73. The molecule has 5 aromatic rings. The van der Waals surface area contributed by atoms with Crippen LogP contribution in [-0.4, -0.2) is 25.3 Å². The molecule has 6 rings (SSSR count). The maximum atomic E-state index is 14.4. The van der Waals surface area contributed by atoms with Crippen LogP contribution in [-0.2, 0) is 16.6 Å². The van der Waals surface area contributed by atoms with Crippen molar-refractivity contribution in [2.24, 2.45) is 0 Å². The Labute approximate surface area is 304 Å². The van der Waals surface area contributed by atoms with Crippen molar-refractivity contribution in [3.63, 3.8) is 0 Å². The van der Waals surface area contributed by atoms with Gasteiger partial charge in [-0.3, -0.25) is 4.79 Å². The van der Waals surface area contributed by atoms with Crippen LogP contribution in [0.15, 0.2) is 158 Å². The lowest BCUT2D eigenvalue weighted by Gasteiger charge is -2.31. The normalized spacial score (nSPS) is 13.0. The monoisotopic (exact) mass is 680 g/mol. The van der Waals surface area contributed by atoms with Crippen LogP contribution in [0, 0.1) is 0 Å². The summed E-state index contributed by atoms with van der Waals surface area (Å²) in [7, 11) is 1.67. The predicted molar refractivity (Wildman–Crippen MR) is 215 cm³/mol. The number of benzene rings is 5. The second kappa shape index (κ2) is 16.4. The molecule has 0 spiro atoms. The van der Waals surface area contributed by atoms with Gasteiger partial charge < -0.3 is 15.4 Å². The second-order valence-corrected chi connectivity index (χ2v) is 13.6. The van der Waals surface area contributed by atoms with Gasteiger partial charge in [-0.05, 0) is 76.1 Å². The predicted octanol–water partition coefficient (Wildman–Crippen LogP) is 10.5. The van der Waals surface area contributed by atoms with E-state index in [-0.39, 0.29) is 8.76 Å². The Hall–Kier alpha value is -5.26. The van der Waals surface area contributed by atoms with Crippen molar-refractivity contribution in [3.05, 3.63) is 186 Å². The average molecular weight is 681 g/mol. The molecule has 4 nitrogen and oxygen atoms in total. The Morgan fingerprint density at radius 1 is 0.780 bits per heavy atom. The highest BCUT2D eigenvalue weighted by molar-refractivity contribution is 8.03. The number of unbranched alkanes of at least 4 members (excludes halogenated alkanes) is 1. The highest BCUT2D eigenvalue weighted by Crippen LogP contribution is 2.51. The Bertz CT molecular complexity index is 1930. The van der Waals surface area contributed by atoms with Gasteiger partial charge in [0.2, 0.25) is 5.91 Å². The minimum absolute atomic E-state index is 0. The molecule has 0 aromatic heterocycles. The molecule has 0 aliphatic heterocycles. The summed E-state index contributed by atoms with van der Waals surface area (Å²) in [5.74, 6) is 1.77. The maximum absolute atomic E-state index is 14.4. The fraction of sp³-hybridized carbons (Fsp3) is 0.178. The minimum atomic E-state index is -0.745. The van der Waals surface area contributed by atoms with Gasteiger partial charge in [-0.15, -0.1) is 11.8 Å². The Morgan fingerprint density at radius 3 is 1.96 bits per heavy atom. The van der Waals surface area contributed by atoms with Crippen molar-refractivity contribution in [2.75, 3.05) is 19.4 Å². The van der Waals surface area contributed by atoms with E-state index in [0.717, 1.165) is 92.4 Å². The van der Waals surface area contributed by atoms with Gasteiger partial charge in [-0.1, -0.05) is 147 Å². The van der Waals surface area contributed by atoms with Crippen LogP contribution in [0.5, 0.6) is 5.75 Å². The molecule has 0 bridgehead atoms. The first kappa shape index (κ1) is 34.6. The van der Waals surface area contributed by atoms with Gasteiger partial charge in [0.1, 0.15) is 11.2 Å². The number of hydrogen-bond acceptors (Lipinski definition) is 4. The SMILES string of the molecule is C=C/C(=C(\NC(=C)SCCCCC1(C(=O)NCCc2ccc(OC)cc2)c2ccccc2-c2ccccc21)c1ccccc1)c1ccccc1.[HH].[HH]. The topological polar surface area (TPSA) is 50.4 Å². The summed E-state index contributed by atoms with van der Waals surface area (Å²) in [5, 5.41) is 7.83. The van der Waals surface area contributed by atoms with Gasteiger partial charge in [0.15, 0.2) is 0 Å². The first-order valence-electron chi connectivity index (χ1n) is 17.2. The lowest BCUT2D eigenvalue weighted by Crippen LogP contribution is -2.45. The summed E-state index contributed by atoms with van der Waals surface area (Å²) in [6.07, 6.45) is 5.20. The number of thioether (sulfide) groups is 1. The molecule has 0 heterocycles. The number of amides is 1. The number of fused-ring (bicyclic) bond motifs is 3. The van der Waals surface area contributed by atoms with Gasteiger partial charge in [-0.2, -0.15) is 0 Å². The third-order valence-corrected chi connectivity index (χ3v) is 10.4. The van der Waals surface area contributed by atoms with Crippen molar-refractivity contribution in [1.82, 2.24) is 10.6 Å². The Kier molecular flexibility index (Phi) is 11.4. The Morgan fingerprint density at radius 2 is 1.36 bits per heavy atom. The standard InChI is InChI=1S/C45H44N2O2S.2H2/c1-4-38(35-17-7-5-8-18-35)43(36-19-9-6-10-20-36)47-33(2)50-32-16-15-30-45(44(48)46-31-29-34-25-27-37(49-3)28-26-34)41-23-13-11-21-39(41)40-22-12-14-24-42(40)45;;/h4-14,17-28,47H,1-2,15-16,29-32H2,3H3,(H,46,48);2*1H/b43-38+;;. The molecule has 0 saturated heterocycles. The number of nitrogens with one attached hydrogen (secondary N) is 2. The number of rotatable bonds is 16. The molecule has 0 unspecified atom stereocenters. The van der Waals surface area contributed by atoms with E-state index in [0.29, 0.717) is 6.54 Å². The number of hydrogen-bond donors (Lipinski definition) is 2. The van der Waals surface area contributed by atoms with Gasteiger partial charge in [0, 0.05) is 15.0 Å². The fourth-order valence-corrected chi connectivity index (χ4v) is 7.73. The molecule has 0 fully saturated rings. The summed E-state index contributed by atoms with van der Waals surface area (Å²) < 4.78 is 5.31. The van der Waals surface area contributed by atoms with Gasteiger partial charge in [0.25, 0.3) is 0 Å². The molecule has 5 heteroatoms. The zero-order chi connectivity index (χ0) is 34.8. The van der Waals surface area contributed by atoms with Crippen molar-refractivity contribution in [3.8, 4) is 16.9 Å². The van der Waals surface area contributed by atoms with E-state index in [2.05, 4.69) is 109 Å². The van der Waals surface area contributed by atoms with E-state index in [9.17, 15) is 4.79 Å². The molecular weight excluding hydrogens is 633 g/mol. The highest BCUT2D eigenvalue weighted by Gasteiger charge is 2.48. The van der Waals surface area contributed by atoms with Gasteiger partial charge >= 0.3 is 0 Å². The summed E-state index contributed by atoms with van der Waals surface area (Å²) in [4.78, 5) is 14.4. The number of carbonyl (C=O) groups is 1. The molecule has 1 aliphatic carbocycles. The summed E-state index contributed by atoms with van der Waals surface area (Å²) in [5.41, 5.74) is 9.08. The molecule has 1 aliphatic rings. The average Bonchev–Trinajstić information content (AvgIpc) is 3.46. The van der Waals surface area contributed by atoms with E-state index in [1.807, 2.05) is 54.6 Å². The summed E-state index contributed by atoms with van der Waals surface area (Å²) >= 11 is 1.71. The largest absolute Gasteiger partial charge is 0.497 e. The van der Waals surface area contributed by atoms with Crippen LogP contribution in [0.25, 0.3) is 22.4 Å². The maximum Gasteiger partial charge on any atom is 0.235 e. The molecule has 5 aromatic carbocycles. The lowest BCUT2D eigenvalue weighted by molar-refractivity contribution is -0.125. The van der Waals surface area contributed by atoms with Crippen LogP contribution in [0.2, 0.25) is 0 Å². The molecular formula is C45H48N2O2S. The molecule has 1 amide bonds. The van der Waals surface area contributed by atoms with E-state index in [4.69, 9.17) is 4.74 Å². The van der Waals surface area contributed by atoms with Gasteiger partial charge in [0.05, 0.1) is 17.8 Å². The van der Waals surface area contributed by atoms with Crippen LogP contribution in [0.1, 0.15) is 49.9 Å². The third kappa shape index (κ3) is 7.49. The molecule has 0 atom stereocenters. The van der Waals surface area contributed by atoms with Crippen LogP contribution in [0.3, 0.4) is 0 Å². The number of carbonyl (C=O) groups excluding carboxylic acids is 1. The van der Waals surface area contributed by atoms with E-state index in [1.54, 1.807) is 18.9 Å². The number of methoxy groups -OCH3 is 1. The van der Waals surface area contributed by atoms with Gasteiger partial charge in [-0.25, -0.2) is 0 Å². The second-order valence-electron chi connectivity index (χ2n) is 12.4.